The van der Waals surface area contributed by atoms with Crippen molar-refractivity contribution in [2.24, 2.45) is 0 Å². The van der Waals surface area contributed by atoms with Crippen molar-refractivity contribution in [1.29, 1.82) is 5.26 Å². The van der Waals surface area contributed by atoms with E-state index in [1.54, 1.807) is 0 Å². The van der Waals surface area contributed by atoms with Gasteiger partial charge in [0.25, 0.3) is 0 Å². The lowest BCUT2D eigenvalue weighted by atomic mass is 10.1. The number of allylic oxidation sites excluding steroid dienone is 2. The van der Waals surface area contributed by atoms with Crippen LogP contribution in [0.3, 0.4) is 0 Å². The maximum absolute atomic E-state index is 11.0. The zero-order chi connectivity index (χ0) is 12.1. The number of nitrogens with zero attached hydrogens (tertiary/aromatic N) is 1. The average Bonchev–Trinajstić information content (AvgIpc) is 2.27. The monoisotopic (exact) mass is 223 g/mol. The van der Waals surface area contributed by atoms with E-state index in [1.807, 2.05) is 19.1 Å². The highest BCUT2D eigenvalue weighted by Gasteiger charge is 1.99. The molecule has 0 aliphatic rings. The molecule has 0 bridgehead atoms. The number of unbranched alkanes of at least 4 members (excludes halogenated alkanes) is 5. The lowest BCUT2D eigenvalue weighted by Crippen LogP contribution is -2.03. The van der Waals surface area contributed by atoms with Crippen LogP contribution in [0.4, 0.5) is 0 Å². The van der Waals surface area contributed by atoms with Crippen LogP contribution in [-0.4, -0.2) is 12.6 Å². The topological polar surface area (TPSA) is 50.1 Å². The van der Waals surface area contributed by atoms with Crippen molar-refractivity contribution in [3.8, 4) is 6.07 Å². The summed E-state index contributed by atoms with van der Waals surface area (Å²) < 4.78 is 4.84. The van der Waals surface area contributed by atoms with Crippen LogP contribution in [0.2, 0.25) is 0 Å². The van der Waals surface area contributed by atoms with Crippen molar-refractivity contribution < 1.29 is 9.53 Å². The second-order valence-electron chi connectivity index (χ2n) is 3.64. The SMILES string of the molecule is CCOC(=O)CCCCCCC/C=C/C#N. The highest BCUT2D eigenvalue weighted by molar-refractivity contribution is 5.69. The van der Waals surface area contributed by atoms with E-state index in [1.165, 1.54) is 12.5 Å². The maximum Gasteiger partial charge on any atom is 0.305 e. The Morgan fingerprint density at radius 3 is 2.62 bits per heavy atom. The van der Waals surface area contributed by atoms with Crippen molar-refractivity contribution in [1.82, 2.24) is 0 Å². The number of hydrogen-bond donors (Lipinski definition) is 0. The summed E-state index contributed by atoms with van der Waals surface area (Å²) in [6.07, 6.45) is 10.4. The van der Waals surface area contributed by atoms with Gasteiger partial charge in [-0.25, -0.2) is 0 Å². The molecule has 0 rings (SSSR count). The molecule has 0 N–H and O–H groups in total. The lowest BCUT2D eigenvalue weighted by Gasteiger charge is -2.01. The summed E-state index contributed by atoms with van der Waals surface area (Å²) in [5, 5.41) is 8.25. The third-order valence-corrected chi connectivity index (χ3v) is 2.25. The summed E-state index contributed by atoms with van der Waals surface area (Å²) in [6, 6.07) is 1.97. The molecule has 0 aromatic rings. The van der Waals surface area contributed by atoms with Gasteiger partial charge in [0.05, 0.1) is 12.7 Å². The third kappa shape index (κ3) is 10.8. The molecule has 16 heavy (non-hydrogen) atoms. The summed E-state index contributed by atoms with van der Waals surface area (Å²) in [5.41, 5.74) is 0. The molecule has 3 heteroatoms. The van der Waals surface area contributed by atoms with Crippen LogP contribution >= 0.6 is 0 Å². The predicted octanol–water partition coefficient (Wildman–Crippen LogP) is 3.36. The molecule has 0 radical (unpaired) electrons. The van der Waals surface area contributed by atoms with E-state index in [0.717, 1.165) is 32.1 Å². The number of rotatable bonds is 9. The molecule has 0 heterocycles. The van der Waals surface area contributed by atoms with Crippen LogP contribution in [0.25, 0.3) is 0 Å². The highest BCUT2D eigenvalue weighted by Crippen LogP contribution is 2.08. The fraction of sp³-hybridized carbons (Fsp3) is 0.692. The standard InChI is InChI=1S/C13H21NO2/c1-2-16-13(15)11-9-7-5-3-4-6-8-10-12-14/h8,10H,2-7,9,11H2,1H3/b10-8+. The third-order valence-electron chi connectivity index (χ3n) is 2.25. The number of carbonyl (C=O) groups is 1. The Bertz CT molecular complexity index is 241. The zero-order valence-corrected chi connectivity index (χ0v) is 10.1. The normalized spacial score (nSPS) is 10.2. The molecule has 0 aromatic carbocycles. The highest BCUT2D eigenvalue weighted by atomic mass is 16.5. The van der Waals surface area contributed by atoms with Gasteiger partial charge < -0.3 is 4.74 Å². The molecule has 0 atom stereocenters. The van der Waals surface area contributed by atoms with Gasteiger partial charge in [0.2, 0.25) is 0 Å². The van der Waals surface area contributed by atoms with Crippen LogP contribution in [0.1, 0.15) is 51.9 Å². The fourth-order valence-electron chi connectivity index (χ4n) is 1.43. The van der Waals surface area contributed by atoms with E-state index in [-0.39, 0.29) is 5.97 Å². The van der Waals surface area contributed by atoms with Crippen molar-refractivity contribution >= 4 is 5.97 Å². The minimum atomic E-state index is -0.0838. The minimum absolute atomic E-state index is 0.0838. The minimum Gasteiger partial charge on any atom is -0.466 e. The van der Waals surface area contributed by atoms with Gasteiger partial charge in [0, 0.05) is 12.5 Å². The Balaban J connectivity index is 3.13. The van der Waals surface area contributed by atoms with Crippen LogP contribution in [0.15, 0.2) is 12.2 Å². The van der Waals surface area contributed by atoms with E-state index < -0.39 is 0 Å². The van der Waals surface area contributed by atoms with Gasteiger partial charge in [-0.1, -0.05) is 25.3 Å². The van der Waals surface area contributed by atoms with E-state index >= 15 is 0 Å². The van der Waals surface area contributed by atoms with E-state index in [2.05, 4.69) is 0 Å². The van der Waals surface area contributed by atoms with Gasteiger partial charge in [-0.2, -0.15) is 5.26 Å². The molecule has 0 saturated heterocycles. The maximum atomic E-state index is 11.0. The second kappa shape index (κ2) is 11.8. The quantitative estimate of drug-likeness (QED) is 0.342. The fourth-order valence-corrected chi connectivity index (χ4v) is 1.43. The van der Waals surface area contributed by atoms with Gasteiger partial charge in [0.1, 0.15) is 0 Å². The molecule has 0 aliphatic carbocycles. The first-order valence-corrected chi connectivity index (χ1v) is 6.01. The molecule has 3 nitrogen and oxygen atoms in total. The smallest absolute Gasteiger partial charge is 0.305 e. The van der Waals surface area contributed by atoms with E-state index in [0.29, 0.717) is 13.0 Å². The number of esters is 1. The lowest BCUT2D eigenvalue weighted by molar-refractivity contribution is -0.143. The summed E-state index contributed by atoms with van der Waals surface area (Å²) in [7, 11) is 0. The zero-order valence-electron chi connectivity index (χ0n) is 10.1. The molecule has 0 aromatic heterocycles. The molecule has 0 fully saturated rings. The van der Waals surface area contributed by atoms with Gasteiger partial charge in [-0.3, -0.25) is 4.79 Å². The van der Waals surface area contributed by atoms with E-state index in [9.17, 15) is 4.79 Å². The summed E-state index contributed by atoms with van der Waals surface area (Å²) in [6.45, 7) is 2.30. The Morgan fingerprint density at radius 2 is 1.94 bits per heavy atom. The first kappa shape index (κ1) is 14.7. The Morgan fingerprint density at radius 1 is 1.25 bits per heavy atom. The van der Waals surface area contributed by atoms with Crippen molar-refractivity contribution in [2.45, 2.75) is 51.9 Å². The van der Waals surface area contributed by atoms with Gasteiger partial charge >= 0.3 is 5.97 Å². The largest absolute Gasteiger partial charge is 0.466 e. The molecule has 0 unspecified atom stereocenters. The molecule has 0 saturated carbocycles. The molecule has 0 amide bonds. The number of carbonyl (C=O) groups excluding carboxylic acids is 1. The van der Waals surface area contributed by atoms with Crippen molar-refractivity contribution in [3.05, 3.63) is 12.2 Å². The average molecular weight is 223 g/mol. The van der Waals surface area contributed by atoms with Crippen LogP contribution in [-0.2, 0) is 9.53 Å². The van der Waals surface area contributed by atoms with Gasteiger partial charge in [-0.15, -0.1) is 0 Å². The molecular weight excluding hydrogens is 202 g/mol. The molecule has 0 spiro atoms. The molecule has 90 valence electrons. The number of nitriles is 1. The Kier molecular flexibility index (Phi) is 10.8. The van der Waals surface area contributed by atoms with Crippen LogP contribution < -0.4 is 0 Å². The summed E-state index contributed by atoms with van der Waals surface area (Å²) in [5.74, 6) is -0.0838. The number of hydrogen-bond acceptors (Lipinski definition) is 3. The summed E-state index contributed by atoms with van der Waals surface area (Å²) in [4.78, 5) is 11.0. The van der Waals surface area contributed by atoms with Crippen molar-refractivity contribution in [2.75, 3.05) is 6.61 Å². The van der Waals surface area contributed by atoms with Crippen LogP contribution in [0.5, 0.6) is 0 Å². The van der Waals surface area contributed by atoms with Crippen molar-refractivity contribution in [3.63, 3.8) is 0 Å². The Hall–Kier alpha value is -1.30. The first-order valence-electron chi connectivity index (χ1n) is 6.01. The van der Waals surface area contributed by atoms with Crippen LogP contribution in [0, 0.1) is 11.3 Å². The first-order chi connectivity index (χ1) is 7.81. The Labute approximate surface area is 98.1 Å². The summed E-state index contributed by atoms with van der Waals surface area (Å²) >= 11 is 0. The second-order valence-corrected chi connectivity index (χ2v) is 3.64. The number of ether oxygens (including phenoxy) is 1. The molecule has 0 aliphatic heterocycles. The van der Waals surface area contributed by atoms with Gasteiger partial charge in [0.15, 0.2) is 0 Å². The molecular formula is C13H21NO2. The van der Waals surface area contributed by atoms with Gasteiger partial charge in [-0.05, 0) is 26.2 Å². The predicted molar refractivity (Wildman–Crippen MR) is 63.7 cm³/mol. The van der Waals surface area contributed by atoms with E-state index in [4.69, 9.17) is 10.00 Å².